The van der Waals surface area contributed by atoms with E-state index in [2.05, 4.69) is 78.4 Å². The number of carbonyl (C=O) groups excluding carboxylic acids is 5. The molecule has 3 heterocycles. The number of benzene rings is 2. The molecule has 0 saturated heterocycles. The summed E-state index contributed by atoms with van der Waals surface area (Å²) in [6, 6.07) is 14.6. The number of alkyl halides is 12. The molecule has 5 aromatic rings. The number of rotatable bonds is 11. The van der Waals surface area contributed by atoms with Crippen molar-refractivity contribution >= 4 is 115 Å². The van der Waals surface area contributed by atoms with Gasteiger partial charge in [0, 0.05) is 60.5 Å². The number of H-pyrrole nitrogens is 1. The smallest absolute Gasteiger partial charge is 0.550 e. The Morgan fingerprint density at radius 1 is 0.703 bits per heavy atom. The minimum absolute atomic E-state index is 0. The quantitative estimate of drug-likeness (QED) is 0.0194. The monoisotopic (exact) mass is 1340 g/mol. The number of nitrogens with one attached hydrogen (secondary N) is 3. The van der Waals surface area contributed by atoms with E-state index in [1.54, 1.807) is 32.3 Å². The van der Waals surface area contributed by atoms with Crippen molar-refractivity contribution in [2.24, 2.45) is 0 Å². The van der Waals surface area contributed by atoms with E-state index < -0.39 is 58.4 Å². The van der Waals surface area contributed by atoms with E-state index in [0.717, 1.165) is 6.92 Å². The Bertz CT molecular complexity index is 2660. The van der Waals surface area contributed by atoms with Crippen LogP contribution in [0.15, 0.2) is 79.3 Å². The van der Waals surface area contributed by atoms with Gasteiger partial charge < -0.3 is 52.1 Å². The topological polar surface area (TPSA) is 390 Å². The zero-order valence-electron chi connectivity index (χ0n) is 37.3. The minimum atomic E-state index is -5.05. The first kappa shape index (κ1) is 74.8. The summed E-state index contributed by atoms with van der Waals surface area (Å²) in [6.45, 7) is 0.972. The number of nitro benzene ring substituents is 2. The third-order valence-electron chi connectivity index (χ3n) is 7.02. The van der Waals surface area contributed by atoms with E-state index in [9.17, 15) is 78.9 Å². The number of anilines is 2. The molecule has 0 aliphatic carbocycles. The third-order valence-corrected chi connectivity index (χ3v) is 8.46. The van der Waals surface area contributed by atoms with Crippen molar-refractivity contribution in [3.05, 3.63) is 111 Å². The number of aromatic amines is 1. The fourth-order valence-electron chi connectivity index (χ4n) is 4.17. The molecule has 0 aliphatic rings. The Kier molecular flexibility index (Phi) is 33.6. The molecule has 0 atom stereocenters. The average Bonchev–Trinajstić information content (AvgIpc) is 3.77. The normalized spacial score (nSPS) is 10.3. The van der Waals surface area contributed by atoms with Crippen LogP contribution in [-0.4, -0.2) is 97.8 Å². The summed E-state index contributed by atoms with van der Waals surface area (Å²) in [5, 5.41) is 36.4. The number of halogens is 13. The van der Waals surface area contributed by atoms with Gasteiger partial charge in [0.2, 0.25) is 2.14 Å². The van der Waals surface area contributed by atoms with Crippen molar-refractivity contribution in [3.8, 4) is 34.5 Å². The van der Waals surface area contributed by atoms with Crippen LogP contribution in [0.1, 0.15) is 23.1 Å². The van der Waals surface area contributed by atoms with Crippen LogP contribution in [0.25, 0.3) is 11.5 Å². The maximum atomic E-state index is 12.7. The van der Waals surface area contributed by atoms with Crippen molar-refractivity contribution in [2.45, 2.75) is 27.6 Å². The summed E-state index contributed by atoms with van der Waals surface area (Å²) < 4.78 is 113. The van der Waals surface area contributed by atoms with Gasteiger partial charge in [0.05, 0.1) is 28.2 Å². The Hall–Kier alpha value is -5.73. The Morgan fingerprint density at radius 3 is 1.41 bits per heavy atom. The molecular weight excluding hydrogens is 1310 g/mol. The molecule has 10 N–H and O–H groups in total. The second-order valence-electron chi connectivity index (χ2n) is 12.0. The van der Waals surface area contributed by atoms with Crippen LogP contribution in [0.2, 0.25) is 0 Å². The predicted octanol–water partition coefficient (Wildman–Crippen LogP) is 5.14. The summed E-state index contributed by atoms with van der Waals surface area (Å²) in [4.78, 5) is 83.6. The van der Waals surface area contributed by atoms with Gasteiger partial charge in [-0.2, -0.15) is 39.5 Å². The summed E-state index contributed by atoms with van der Waals surface area (Å²) in [6.07, 6.45) is -10.4. The molecule has 37 heteroatoms. The molecule has 402 valence electrons. The number of aldehydes is 1. The summed E-state index contributed by atoms with van der Waals surface area (Å²) in [7, 11) is 3.15. The number of nitro groups is 2. The van der Waals surface area contributed by atoms with Crippen molar-refractivity contribution < 1.29 is 128 Å². The SMILES string of the molecule is CC(=O)[O-].CNc1ccc(Oc2ccnc(-c3ncc(C(F)(F)F)[nH]3)c2)cc1[N+](=O)[O-].CNc1ccc(Oc2ccnc(C=O)c2)cc1[N+](=O)[O-].N.O.O.O=C(Br)C(=O)C(F)(F)F.O=C(C(F)(F)F)C(Br)(Br)Br.[Na+]. The number of carboxylic acid groups (broad SMARTS) is 1. The molecule has 0 radical (unpaired) electrons. The van der Waals surface area contributed by atoms with Crippen molar-refractivity contribution in [3.63, 3.8) is 0 Å². The third kappa shape index (κ3) is 26.5. The van der Waals surface area contributed by atoms with Gasteiger partial charge in [-0.3, -0.25) is 49.4 Å². The summed E-state index contributed by atoms with van der Waals surface area (Å²) in [5.74, 6) is -4.37. The minimum Gasteiger partial charge on any atom is -0.550 e. The summed E-state index contributed by atoms with van der Waals surface area (Å²) >= 11 is 9.20. The number of hydrogen-bond donors (Lipinski definition) is 4. The molecule has 0 aliphatic heterocycles. The number of aromatic nitrogens is 4. The van der Waals surface area contributed by atoms with Crippen LogP contribution in [-0.2, 0) is 25.4 Å². The molecule has 74 heavy (non-hydrogen) atoms. The van der Waals surface area contributed by atoms with Crippen LogP contribution in [0.5, 0.6) is 23.0 Å². The second-order valence-corrected chi connectivity index (χ2v) is 19.5. The van der Waals surface area contributed by atoms with Gasteiger partial charge in [0.25, 0.3) is 21.9 Å². The molecule has 23 nitrogen and oxygen atoms in total. The van der Waals surface area contributed by atoms with Crippen molar-refractivity contribution in [1.82, 2.24) is 26.1 Å². The van der Waals surface area contributed by atoms with E-state index in [4.69, 9.17) is 19.4 Å². The van der Waals surface area contributed by atoms with Gasteiger partial charge in [-0.05, 0) is 43.3 Å². The molecule has 0 bridgehead atoms. The van der Waals surface area contributed by atoms with E-state index in [1.807, 2.05) is 15.9 Å². The number of Topliss-reactive ketones (excluding diaryl/α,β-unsaturated/α-hetero) is 2. The van der Waals surface area contributed by atoms with Gasteiger partial charge in [-0.15, -0.1) is 0 Å². The molecule has 3 aromatic heterocycles. The van der Waals surface area contributed by atoms with E-state index >= 15 is 0 Å². The Balaban J connectivity index is -0.000000459. The maximum absolute atomic E-state index is 12.7. The number of pyridine rings is 2. The van der Waals surface area contributed by atoms with E-state index in [1.165, 1.54) is 54.9 Å². The Labute approximate surface area is 464 Å². The van der Waals surface area contributed by atoms with Gasteiger partial charge in [-0.1, -0.05) is 47.8 Å². The van der Waals surface area contributed by atoms with Gasteiger partial charge in [0.15, 0.2) is 12.1 Å². The fraction of sp³-hybridized carbons (Fsp3) is 0.189. The van der Waals surface area contributed by atoms with Crippen molar-refractivity contribution in [2.75, 3.05) is 24.7 Å². The predicted molar refractivity (Wildman–Crippen MR) is 250 cm³/mol. The number of ketones is 2. The first-order chi connectivity index (χ1) is 32.1. The maximum Gasteiger partial charge on any atom is 1.00 e. The molecular formula is C37H33Br4F9N9NaO14. The molecule has 0 fully saturated rings. The van der Waals surface area contributed by atoms with Crippen LogP contribution in [0.4, 0.5) is 62.3 Å². The zero-order valence-corrected chi connectivity index (χ0v) is 45.7. The van der Waals surface area contributed by atoms with Crippen LogP contribution in [0, 0.1) is 20.2 Å². The second kappa shape index (κ2) is 33.2. The number of carboxylic acids is 1. The van der Waals surface area contributed by atoms with Crippen molar-refractivity contribution in [1.29, 1.82) is 0 Å². The van der Waals surface area contributed by atoms with Crippen LogP contribution < -0.4 is 60.9 Å². The molecule has 0 spiro atoms. The summed E-state index contributed by atoms with van der Waals surface area (Å²) in [5.41, 5.74) is -0.194. The van der Waals surface area contributed by atoms with E-state index in [0.29, 0.717) is 35.4 Å². The van der Waals surface area contributed by atoms with Crippen LogP contribution >= 0.6 is 63.7 Å². The molecule has 0 unspecified atom stereocenters. The standard InChI is InChI=1S/C16H12F3N5O3.C13H11N3O4.C3Br3F3O.C3BrF3O2.C2H4O2.H3N.Na.2H2O/c1-20-11-3-2-9(7-13(11)24(25)26)27-10-4-5-21-12(6-10)15-22-8-14(23-15)16(17,18)19;1-14-12-3-2-10(7-13(12)16(18)19)20-11-4-5-15-9(6-11)8-17;4-2(5,6)1(10)3(7,8)9;4-2(9)1(8)3(5,6)7;1-2(3)4;;;;/h2-8,20H,1H3,(H,22,23);2-8,14H,1H3;;;1H3,(H,3,4);1H3;;2*1H2/q;;;;;;+1;;/p-1. The van der Waals surface area contributed by atoms with Gasteiger partial charge >= 0.3 is 53.9 Å². The van der Waals surface area contributed by atoms with E-state index in [-0.39, 0.29) is 86.7 Å². The average molecular weight is 1340 g/mol. The number of carbonyl (C=O) groups is 5. The number of hydrogen-bond acceptors (Lipinski definition) is 18. The zero-order chi connectivity index (χ0) is 53.9. The Morgan fingerprint density at radius 2 is 1.11 bits per heavy atom. The number of imidazole rings is 1. The number of ether oxygens (including phenoxy) is 2. The first-order valence-corrected chi connectivity index (χ1v) is 20.8. The van der Waals surface area contributed by atoms with Crippen LogP contribution in [0.3, 0.4) is 0 Å². The first-order valence-electron chi connectivity index (χ1n) is 17.6. The molecule has 2 aromatic carbocycles. The fourth-order valence-corrected chi connectivity index (χ4v) is 5.07. The largest absolute Gasteiger partial charge is 1.00 e. The molecule has 0 amide bonds. The van der Waals surface area contributed by atoms with Gasteiger partial charge in [0.1, 0.15) is 51.5 Å². The number of nitrogens with zero attached hydrogens (tertiary/aromatic N) is 5. The molecule has 5 rings (SSSR count). The molecule has 0 saturated carbocycles. The van der Waals surface area contributed by atoms with Gasteiger partial charge in [-0.25, -0.2) is 4.98 Å². The number of aliphatic carboxylic acids is 1.